The molecule has 2 heterocycles. The monoisotopic (exact) mass is 255 g/mol. The van der Waals surface area contributed by atoms with Crippen molar-refractivity contribution >= 4 is 23.7 Å². The first-order chi connectivity index (χ1) is 8.33. The van der Waals surface area contributed by atoms with Crippen molar-refractivity contribution in [3.8, 4) is 6.01 Å². The number of anilines is 2. The average molecular weight is 255 g/mol. The van der Waals surface area contributed by atoms with Gasteiger partial charge in [-0.05, 0) is 12.2 Å². The van der Waals surface area contributed by atoms with E-state index in [-0.39, 0.29) is 0 Å². The summed E-state index contributed by atoms with van der Waals surface area (Å²) in [6.45, 7) is 1.96. The van der Waals surface area contributed by atoms with Crippen LogP contribution in [0.25, 0.3) is 0 Å². The highest BCUT2D eigenvalue weighted by Gasteiger charge is 2.15. The second kappa shape index (κ2) is 5.90. The topological polar surface area (TPSA) is 63.2 Å². The fourth-order valence-electron chi connectivity index (χ4n) is 1.64. The standard InChI is InChI=1S/C10H17N5OS/c1-11-8-12-9(14-10(13-8)16-2)15-4-3-6-17-7-5-15/h3-7H2,1-2H3,(H,11,12,13,14). The minimum absolute atomic E-state index is 0.358. The summed E-state index contributed by atoms with van der Waals surface area (Å²) in [5.74, 6) is 3.56. The smallest absolute Gasteiger partial charge is 0.322 e. The van der Waals surface area contributed by atoms with Crippen molar-refractivity contribution in [1.29, 1.82) is 0 Å². The minimum Gasteiger partial charge on any atom is -0.467 e. The number of hydrogen-bond acceptors (Lipinski definition) is 7. The van der Waals surface area contributed by atoms with E-state index in [4.69, 9.17) is 4.74 Å². The van der Waals surface area contributed by atoms with Crippen LogP contribution in [0.5, 0.6) is 6.01 Å². The molecule has 1 aromatic rings. The first kappa shape index (κ1) is 12.2. The molecule has 17 heavy (non-hydrogen) atoms. The van der Waals surface area contributed by atoms with Crippen LogP contribution in [-0.4, -0.2) is 53.7 Å². The molecule has 6 nitrogen and oxygen atoms in total. The van der Waals surface area contributed by atoms with E-state index >= 15 is 0 Å². The van der Waals surface area contributed by atoms with Gasteiger partial charge in [-0.2, -0.15) is 26.7 Å². The lowest BCUT2D eigenvalue weighted by atomic mass is 10.4. The van der Waals surface area contributed by atoms with Gasteiger partial charge in [-0.25, -0.2) is 0 Å². The van der Waals surface area contributed by atoms with Crippen molar-refractivity contribution in [2.45, 2.75) is 6.42 Å². The summed E-state index contributed by atoms with van der Waals surface area (Å²) < 4.78 is 5.09. The average Bonchev–Trinajstić information content (AvgIpc) is 2.67. The lowest BCUT2D eigenvalue weighted by molar-refractivity contribution is 0.378. The van der Waals surface area contributed by atoms with Gasteiger partial charge in [0.15, 0.2) is 0 Å². The maximum atomic E-state index is 5.09. The molecule has 1 saturated heterocycles. The summed E-state index contributed by atoms with van der Waals surface area (Å²) in [5, 5.41) is 2.92. The van der Waals surface area contributed by atoms with Gasteiger partial charge in [-0.1, -0.05) is 0 Å². The van der Waals surface area contributed by atoms with Crippen molar-refractivity contribution in [2.24, 2.45) is 0 Å². The molecule has 0 bridgehead atoms. The third kappa shape index (κ3) is 3.12. The number of thioether (sulfide) groups is 1. The fourth-order valence-corrected chi connectivity index (χ4v) is 2.52. The van der Waals surface area contributed by atoms with Crippen LogP contribution in [-0.2, 0) is 0 Å². The molecule has 94 valence electrons. The number of aromatic nitrogens is 3. The lowest BCUT2D eigenvalue weighted by Gasteiger charge is -2.20. The summed E-state index contributed by atoms with van der Waals surface area (Å²) in [4.78, 5) is 15.0. The molecule has 7 heteroatoms. The molecular formula is C10H17N5OS. The molecule has 0 saturated carbocycles. The molecule has 1 aliphatic rings. The van der Waals surface area contributed by atoms with Crippen LogP contribution in [0.3, 0.4) is 0 Å². The first-order valence-electron chi connectivity index (χ1n) is 5.64. The Morgan fingerprint density at radius 2 is 2.12 bits per heavy atom. The van der Waals surface area contributed by atoms with Crippen molar-refractivity contribution in [3.63, 3.8) is 0 Å². The van der Waals surface area contributed by atoms with Crippen molar-refractivity contribution in [3.05, 3.63) is 0 Å². The maximum absolute atomic E-state index is 5.09. The molecule has 1 aromatic heterocycles. The van der Waals surface area contributed by atoms with Gasteiger partial charge in [0.05, 0.1) is 7.11 Å². The van der Waals surface area contributed by atoms with Crippen LogP contribution >= 0.6 is 11.8 Å². The summed E-state index contributed by atoms with van der Waals surface area (Å²) in [6.07, 6.45) is 1.16. The third-order valence-electron chi connectivity index (χ3n) is 2.51. The van der Waals surface area contributed by atoms with E-state index in [2.05, 4.69) is 25.2 Å². The van der Waals surface area contributed by atoms with E-state index in [1.54, 1.807) is 14.2 Å². The quantitative estimate of drug-likeness (QED) is 0.859. The second-order valence-corrected chi connectivity index (χ2v) is 4.87. The van der Waals surface area contributed by atoms with Crippen LogP contribution < -0.4 is 15.0 Å². The minimum atomic E-state index is 0.358. The van der Waals surface area contributed by atoms with E-state index in [0.717, 1.165) is 25.3 Å². The van der Waals surface area contributed by atoms with Crippen molar-refractivity contribution in [2.75, 3.05) is 49.0 Å². The number of nitrogens with zero attached hydrogens (tertiary/aromatic N) is 4. The molecular weight excluding hydrogens is 238 g/mol. The Bertz CT molecular complexity index is 345. The normalized spacial score (nSPS) is 16.5. The summed E-state index contributed by atoms with van der Waals surface area (Å²) in [7, 11) is 3.35. The molecule has 1 N–H and O–H groups in total. The molecule has 1 fully saturated rings. The van der Waals surface area contributed by atoms with E-state index in [1.165, 1.54) is 5.75 Å². The molecule has 2 rings (SSSR count). The maximum Gasteiger partial charge on any atom is 0.322 e. The van der Waals surface area contributed by atoms with Gasteiger partial charge < -0.3 is 15.0 Å². The third-order valence-corrected chi connectivity index (χ3v) is 3.56. The van der Waals surface area contributed by atoms with Crippen LogP contribution in [0, 0.1) is 0 Å². The van der Waals surface area contributed by atoms with Gasteiger partial charge in [0, 0.05) is 25.9 Å². The summed E-state index contributed by atoms with van der Waals surface area (Å²) in [5.41, 5.74) is 0. The Kier molecular flexibility index (Phi) is 4.24. The molecule has 0 atom stereocenters. The molecule has 0 aromatic carbocycles. The predicted octanol–water partition coefficient (Wildman–Crippen LogP) is 0.865. The number of ether oxygens (including phenoxy) is 1. The molecule has 0 unspecified atom stereocenters. The zero-order chi connectivity index (χ0) is 12.1. The molecule has 0 amide bonds. The van der Waals surface area contributed by atoms with Gasteiger partial charge in [0.25, 0.3) is 0 Å². The summed E-state index contributed by atoms with van der Waals surface area (Å²) >= 11 is 1.97. The SMILES string of the molecule is CNc1nc(OC)nc(N2CCCSCC2)n1. The first-order valence-corrected chi connectivity index (χ1v) is 6.79. The van der Waals surface area contributed by atoms with E-state index in [9.17, 15) is 0 Å². The Balaban J connectivity index is 2.22. The van der Waals surface area contributed by atoms with E-state index < -0.39 is 0 Å². The van der Waals surface area contributed by atoms with Crippen LogP contribution in [0.1, 0.15) is 6.42 Å². The molecule has 0 radical (unpaired) electrons. The zero-order valence-corrected chi connectivity index (χ0v) is 11.0. The van der Waals surface area contributed by atoms with E-state index in [1.807, 2.05) is 11.8 Å². The van der Waals surface area contributed by atoms with Gasteiger partial charge in [0.2, 0.25) is 11.9 Å². The second-order valence-electron chi connectivity index (χ2n) is 3.65. The van der Waals surface area contributed by atoms with Crippen LogP contribution in [0.15, 0.2) is 0 Å². The van der Waals surface area contributed by atoms with Gasteiger partial charge in [0.1, 0.15) is 0 Å². The number of hydrogen-bond donors (Lipinski definition) is 1. The molecule has 1 aliphatic heterocycles. The van der Waals surface area contributed by atoms with Crippen molar-refractivity contribution < 1.29 is 4.74 Å². The Morgan fingerprint density at radius 3 is 2.88 bits per heavy atom. The predicted molar refractivity (Wildman–Crippen MR) is 70.1 cm³/mol. The largest absolute Gasteiger partial charge is 0.467 e. The summed E-state index contributed by atoms with van der Waals surface area (Å²) in [6, 6.07) is 0.358. The van der Waals surface area contributed by atoms with Crippen LogP contribution in [0.4, 0.5) is 11.9 Å². The van der Waals surface area contributed by atoms with Crippen LogP contribution in [0.2, 0.25) is 0 Å². The number of methoxy groups -OCH3 is 1. The Morgan fingerprint density at radius 1 is 1.24 bits per heavy atom. The van der Waals surface area contributed by atoms with Gasteiger partial charge in [-0.15, -0.1) is 0 Å². The number of nitrogens with one attached hydrogen (secondary N) is 1. The number of rotatable bonds is 3. The Labute approximate surface area is 105 Å². The highest BCUT2D eigenvalue weighted by Crippen LogP contribution is 2.18. The molecule has 0 spiro atoms. The lowest BCUT2D eigenvalue weighted by Crippen LogP contribution is -2.28. The van der Waals surface area contributed by atoms with Gasteiger partial charge in [-0.3, -0.25) is 0 Å². The highest BCUT2D eigenvalue weighted by molar-refractivity contribution is 7.99. The fraction of sp³-hybridized carbons (Fsp3) is 0.700. The zero-order valence-electron chi connectivity index (χ0n) is 10.1. The Hall–Kier alpha value is -1.24. The highest BCUT2D eigenvalue weighted by atomic mass is 32.2. The molecule has 0 aliphatic carbocycles. The van der Waals surface area contributed by atoms with Gasteiger partial charge >= 0.3 is 6.01 Å². The van der Waals surface area contributed by atoms with Crippen molar-refractivity contribution in [1.82, 2.24) is 15.0 Å². The van der Waals surface area contributed by atoms with E-state index in [0.29, 0.717) is 17.9 Å².